The summed E-state index contributed by atoms with van der Waals surface area (Å²) in [5, 5.41) is 0. The van der Waals surface area contributed by atoms with E-state index in [0.717, 1.165) is 4.90 Å². The van der Waals surface area contributed by atoms with Gasteiger partial charge in [-0.05, 0) is 38.5 Å². The number of rotatable bonds is 1. The maximum atomic E-state index is 12.3. The van der Waals surface area contributed by atoms with Gasteiger partial charge in [0, 0.05) is 10.0 Å². The molecule has 1 aliphatic heterocycles. The van der Waals surface area contributed by atoms with E-state index < -0.39 is 17.6 Å². The average Bonchev–Trinajstić information content (AvgIpc) is 2.67. The van der Waals surface area contributed by atoms with E-state index in [2.05, 4.69) is 15.9 Å². The number of nitrogens with zero attached hydrogens (tertiary/aromatic N) is 1. The number of carbonyl (C=O) groups is 3. The van der Waals surface area contributed by atoms with E-state index in [0.29, 0.717) is 16.3 Å². The lowest BCUT2D eigenvalue weighted by Crippen LogP contribution is -2.37. The Kier molecular flexibility index (Phi) is 3.69. The van der Waals surface area contributed by atoms with Gasteiger partial charge in [0.15, 0.2) is 6.29 Å². The van der Waals surface area contributed by atoms with Crippen LogP contribution in [-0.4, -0.2) is 28.8 Å². The standard InChI is InChI=1S/C14H14BrNO4/c1-14(2,3)20-13(19)16-6-9-10(15)5-4-8(7-17)11(9)12(16)18/h4-5,7H,6H2,1-3H3. The van der Waals surface area contributed by atoms with Gasteiger partial charge in [0.05, 0.1) is 12.1 Å². The maximum Gasteiger partial charge on any atom is 0.417 e. The Bertz CT molecular complexity index is 604. The Morgan fingerprint density at radius 1 is 1.40 bits per heavy atom. The first-order chi connectivity index (χ1) is 9.24. The third-order valence-electron chi connectivity index (χ3n) is 2.80. The van der Waals surface area contributed by atoms with Crippen molar-refractivity contribution >= 4 is 34.2 Å². The molecule has 1 aromatic carbocycles. The van der Waals surface area contributed by atoms with E-state index in [1.165, 1.54) is 0 Å². The van der Waals surface area contributed by atoms with Crippen molar-refractivity contribution in [2.75, 3.05) is 0 Å². The van der Waals surface area contributed by atoms with Crippen molar-refractivity contribution < 1.29 is 19.1 Å². The molecule has 0 fully saturated rings. The molecular formula is C14H14BrNO4. The Morgan fingerprint density at radius 3 is 2.60 bits per heavy atom. The Labute approximate surface area is 125 Å². The zero-order chi connectivity index (χ0) is 15.1. The first kappa shape index (κ1) is 14.7. The number of ether oxygens (including phenoxy) is 1. The molecule has 0 atom stereocenters. The van der Waals surface area contributed by atoms with Crippen LogP contribution in [0.5, 0.6) is 0 Å². The summed E-state index contributed by atoms with van der Waals surface area (Å²) in [6, 6.07) is 3.24. The number of halogens is 1. The third-order valence-corrected chi connectivity index (χ3v) is 3.55. The number of imide groups is 1. The summed E-state index contributed by atoms with van der Waals surface area (Å²) in [4.78, 5) is 36.4. The van der Waals surface area contributed by atoms with Crippen LogP contribution in [-0.2, 0) is 11.3 Å². The molecule has 0 aromatic heterocycles. The topological polar surface area (TPSA) is 63.7 Å². The van der Waals surface area contributed by atoms with Crippen LogP contribution in [0.2, 0.25) is 0 Å². The van der Waals surface area contributed by atoms with Crippen molar-refractivity contribution in [2.45, 2.75) is 32.9 Å². The van der Waals surface area contributed by atoms with Crippen LogP contribution in [0.15, 0.2) is 16.6 Å². The lowest BCUT2D eigenvalue weighted by Gasteiger charge is -2.23. The average molecular weight is 340 g/mol. The van der Waals surface area contributed by atoms with Crippen LogP contribution < -0.4 is 0 Å². The van der Waals surface area contributed by atoms with E-state index >= 15 is 0 Å². The van der Waals surface area contributed by atoms with Gasteiger partial charge in [0.25, 0.3) is 5.91 Å². The number of benzene rings is 1. The molecule has 0 saturated heterocycles. The van der Waals surface area contributed by atoms with Crippen LogP contribution in [0.3, 0.4) is 0 Å². The lowest BCUT2D eigenvalue weighted by molar-refractivity contribution is 0.0247. The van der Waals surface area contributed by atoms with E-state index in [9.17, 15) is 14.4 Å². The second-order valence-electron chi connectivity index (χ2n) is 5.48. The van der Waals surface area contributed by atoms with E-state index in [1.54, 1.807) is 32.9 Å². The molecule has 0 radical (unpaired) electrons. The summed E-state index contributed by atoms with van der Waals surface area (Å²) >= 11 is 3.33. The molecule has 5 nitrogen and oxygen atoms in total. The van der Waals surface area contributed by atoms with Crippen molar-refractivity contribution in [3.63, 3.8) is 0 Å². The molecule has 1 aliphatic rings. The summed E-state index contributed by atoms with van der Waals surface area (Å²) in [5.74, 6) is -0.502. The summed E-state index contributed by atoms with van der Waals surface area (Å²) < 4.78 is 5.89. The van der Waals surface area contributed by atoms with Crippen LogP contribution in [0.25, 0.3) is 0 Å². The van der Waals surface area contributed by atoms with Crippen molar-refractivity contribution in [3.05, 3.63) is 33.3 Å². The number of fused-ring (bicyclic) bond motifs is 1. The minimum absolute atomic E-state index is 0.103. The largest absolute Gasteiger partial charge is 0.443 e. The fraction of sp³-hybridized carbons (Fsp3) is 0.357. The highest BCUT2D eigenvalue weighted by atomic mass is 79.9. The highest BCUT2D eigenvalue weighted by Gasteiger charge is 2.37. The Balaban J connectivity index is 2.37. The zero-order valence-corrected chi connectivity index (χ0v) is 13.0. The minimum Gasteiger partial charge on any atom is -0.443 e. The molecule has 0 aliphatic carbocycles. The van der Waals surface area contributed by atoms with Crippen LogP contribution in [0.1, 0.15) is 47.1 Å². The smallest absolute Gasteiger partial charge is 0.417 e. The predicted octanol–water partition coefficient (Wildman–Crippen LogP) is 3.15. The Hall–Kier alpha value is -1.69. The van der Waals surface area contributed by atoms with Gasteiger partial charge in [-0.3, -0.25) is 9.59 Å². The van der Waals surface area contributed by atoms with Gasteiger partial charge in [0.2, 0.25) is 0 Å². The monoisotopic (exact) mass is 339 g/mol. The van der Waals surface area contributed by atoms with Gasteiger partial charge in [0.1, 0.15) is 5.60 Å². The quantitative estimate of drug-likeness (QED) is 0.737. The molecule has 0 saturated carbocycles. The second kappa shape index (κ2) is 5.01. The Morgan fingerprint density at radius 2 is 2.05 bits per heavy atom. The van der Waals surface area contributed by atoms with Crippen molar-refractivity contribution in [3.8, 4) is 0 Å². The molecule has 0 spiro atoms. The van der Waals surface area contributed by atoms with Crippen molar-refractivity contribution in [2.24, 2.45) is 0 Å². The number of hydrogen-bond donors (Lipinski definition) is 0. The van der Waals surface area contributed by atoms with Crippen LogP contribution in [0, 0.1) is 0 Å². The maximum absolute atomic E-state index is 12.3. The number of carbonyl (C=O) groups excluding carboxylic acids is 3. The summed E-state index contributed by atoms with van der Waals surface area (Å²) in [7, 11) is 0. The number of hydrogen-bond acceptors (Lipinski definition) is 4. The normalized spacial score (nSPS) is 14.2. The molecule has 6 heteroatoms. The molecule has 2 rings (SSSR count). The van der Waals surface area contributed by atoms with Gasteiger partial charge in [-0.1, -0.05) is 15.9 Å². The second-order valence-corrected chi connectivity index (χ2v) is 6.33. The fourth-order valence-electron chi connectivity index (χ4n) is 1.98. The molecule has 2 amide bonds. The van der Waals surface area contributed by atoms with Crippen LogP contribution in [0.4, 0.5) is 4.79 Å². The zero-order valence-electron chi connectivity index (χ0n) is 11.4. The van der Waals surface area contributed by atoms with E-state index in [-0.39, 0.29) is 17.7 Å². The molecule has 0 unspecified atom stereocenters. The lowest BCUT2D eigenvalue weighted by atomic mass is 10.0. The summed E-state index contributed by atoms with van der Waals surface area (Å²) in [6.45, 7) is 5.29. The summed E-state index contributed by atoms with van der Waals surface area (Å²) in [5.41, 5.74) is 0.488. The van der Waals surface area contributed by atoms with Crippen molar-refractivity contribution in [1.29, 1.82) is 0 Å². The summed E-state index contributed by atoms with van der Waals surface area (Å²) in [6.07, 6.45) is -0.0932. The minimum atomic E-state index is -0.706. The number of aldehydes is 1. The first-order valence-electron chi connectivity index (χ1n) is 6.06. The molecule has 0 N–H and O–H groups in total. The van der Waals surface area contributed by atoms with E-state index in [1.807, 2.05) is 0 Å². The van der Waals surface area contributed by atoms with Crippen LogP contribution >= 0.6 is 15.9 Å². The molecular weight excluding hydrogens is 326 g/mol. The van der Waals surface area contributed by atoms with Gasteiger partial charge >= 0.3 is 6.09 Å². The van der Waals surface area contributed by atoms with Gasteiger partial charge < -0.3 is 4.74 Å². The molecule has 20 heavy (non-hydrogen) atoms. The highest BCUT2D eigenvalue weighted by Crippen LogP contribution is 2.32. The highest BCUT2D eigenvalue weighted by molar-refractivity contribution is 9.10. The molecule has 0 bridgehead atoms. The third kappa shape index (κ3) is 2.60. The molecule has 1 aromatic rings. The SMILES string of the molecule is CC(C)(C)OC(=O)N1Cc2c(Br)ccc(C=O)c2C1=O. The molecule has 106 valence electrons. The molecule has 1 heterocycles. The van der Waals surface area contributed by atoms with E-state index in [4.69, 9.17) is 4.74 Å². The van der Waals surface area contributed by atoms with Gasteiger partial charge in [-0.15, -0.1) is 0 Å². The van der Waals surface area contributed by atoms with Gasteiger partial charge in [-0.25, -0.2) is 9.69 Å². The number of amides is 2. The van der Waals surface area contributed by atoms with Crippen molar-refractivity contribution in [1.82, 2.24) is 4.90 Å². The fourth-order valence-corrected chi connectivity index (χ4v) is 2.43. The predicted molar refractivity (Wildman–Crippen MR) is 75.6 cm³/mol. The first-order valence-corrected chi connectivity index (χ1v) is 6.85. The van der Waals surface area contributed by atoms with Gasteiger partial charge in [-0.2, -0.15) is 0 Å².